The fraction of sp³-hybridized carbons (Fsp3) is 0.625. The van der Waals surface area contributed by atoms with Gasteiger partial charge in [0.05, 0.1) is 0 Å². The molecule has 0 radical (unpaired) electrons. The molecular formula is C16H26BrN3. The average Bonchev–Trinajstić information content (AvgIpc) is 2.43. The third kappa shape index (κ3) is 4.55. The molecule has 1 aliphatic heterocycles. The van der Waals surface area contributed by atoms with Crippen LogP contribution in [0.1, 0.15) is 24.0 Å². The van der Waals surface area contributed by atoms with Crippen molar-refractivity contribution in [3.8, 4) is 0 Å². The molecule has 1 aliphatic rings. The summed E-state index contributed by atoms with van der Waals surface area (Å²) in [5.74, 6) is 0.846. The van der Waals surface area contributed by atoms with E-state index in [1.165, 1.54) is 48.1 Å². The van der Waals surface area contributed by atoms with Gasteiger partial charge in [-0.25, -0.2) is 0 Å². The zero-order valence-corrected chi connectivity index (χ0v) is 14.2. The van der Waals surface area contributed by atoms with Gasteiger partial charge in [0.15, 0.2) is 0 Å². The molecule has 3 nitrogen and oxygen atoms in total. The van der Waals surface area contributed by atoms with Gasteiger partial charge in [-0.3, -0.25) is 0 Å². The summed E-state index contributed by atoms with van der Waals surface area (Å²) in [6.45, 7) is 5.28. The average molecular weight is 340 g/mol. The molecule has 0 atom stereocenters. The molecule has 0 aliphatic carbocycles. The smallest absolute Gasteiger partial charge is 0.0242 e. The maximum absolute atomic E-state index is 5.67. The van der Waals surface area contributed by atoms with Crippen molar-refractivity contribution in [3.63, 3.8) is 0 Å². The van der Waals surface area contributed by atoms with Crippen molar-refractivity contribution in [2.75, 3.05) is 33.7 Å². The predicted octanol–water partition coefficient (Wildman–Crippen LogP) is 2.68. The highest BCUT2D eigenvalue weighted by Gasteiger charge is 2.18. The van der Waals surface area contributed by atoms with Crippen molar-refractivity contribution < 1.29 is 0 Å². The molecule has 112 valence electrons. The molecule has 0 aromatic heterocycles. The lowest BCUT2D eigenvalue weighted by Gasteiger charge is -2.31. The van der Waals surface area contributed by atoms with Crippen LogP contribution in [-0.2, 0) is 13.1 Å². The number of halogens is 1. The van der Waals surface area contributed by atoms with Crippen LogP contribution in [-0.4, -0.2) is 43.5 Å². The van der Waals surface area contributed by atoms with E-state index < -0.39 is 0 Å². The lowest BCUT2D eigenvalue weighted by Crippen LogP contribution is -2.35. The Kier molecular flexibility index (Phi) is 6.02. The molecule has 0 amide bonds. The lowest BCUT2D eigenvalue weighted by molar-refractivity contribution is 0.173. The van der Waals surface area contributed by atoms with E-state index in [9.17, 15) is 0 Å². The van der Waals surface area contributed by atoms with Crippen LogP contribution in [0.5, 0.6) is 0 Å². The second-order valence-corrected chi connectivity index (χ2v) is 6.93. The Balaban J connectivity index is 1.86. The molecule has 2 rings (SSSR count). The molecule has 1 fully saturated rings. The van der Waals surface area contributed by atoms with Crippen LogP contribution >= 0.6 is 15.9 Å². The summed E-state index contributed by atoms with van der Waals surface area (Å²) < 4.78 is 1.18. The molecule has 4 heteroatoms. The number of nitrogens with two attached hydrogens (primary N) is 1. The van der Waals surface area contributed by atoms with Crippen LogP contribution < -0.4 is 5.73 Å². The molecule has 0 unspecified atom stereocenters. The first-order valence-corrected chi connectivity index (χ1v) is 8.22. The van der Waals surface area contributed by atoms with Crippen LogP contribution in [0.4, 0.5) is 0 Å². The second kappa shape index (κ2) is 7.55. The maximum Gasteiger partial charge on any atom is 0.0242 e. The van der Waals surface area contributed by atoms with Crippen molar-refractivity contribution >= 4 is 15.9 Å². The maximum atomic E-state index is 5.67. The number of hydrogen-bond acceptors (Lipinski definition) is 3. The highest BCUT2D eigenvalue weighted by Crippen LogP contribution is 2.22. The minimum absolute atomic E-state index is 0.601. The zero-order chi connectivity index (χ0) is 14.5. The largest absolute Gasteiger partial charge is 0.326 e. The summed E-state index contributed by atoms with van der Waals surface area (Å²) in [6, 6.07) is 6.46. The van der Waals surface area contributed by atoms with E-state index >= 15 is 0 Å². The van der Waals surface area contributed by atoms with Crippen molar-refractivity contribution in [2.45, 2.75) is 25.9 Å². The van der Waals surface area contributed by atoms with Crippen LogP contribution in [0.25, 0.3) is 0 Å². The SMILES string of the molecule is CN1CCC(CN(C)Cc2ccc(CN)cc2Br)CC1. The monoisotopic (exact) mass is 339 g/mol. The quantitative estimate of drug-likeness (QED) is 0.895. The summed E-state index contributed by atoms with van der Waals surface area (Å²) in [5, 5.41) is 0. The molecule has 0 bridgehead atoms. The molecule has 0 spiro atoms. The van der Waals surface area contributed by atoms with E-state index in [-0.39, 0.29) is 0 Å². The van der Waals surface area contributed by atoms with Crippen molar-refractivity contribution in [1.29, 1.82) is 0 Å². The van der Waals surface area contributed by atoms with E-state index in [1.54, 1.807) is 0 Å². The van der Waals surface area contributed by atoms with Gasteiger partial charge in [-0.05, 0) is 63.1 Å². The van der Waals surface area contributed by atoms with E-state index in [0.717, 1.165) is 12.5 Å². The van der Waals surface area contributed by atoms with Crippen molar-refractivity contribution in [2.24, 2.45) is 11.7 Å². The molecule has 2 N–H and O–H groups in total. The van der Waals surface area contributed by atoms with Gasteiger partial charge in [0.25, 0.3) is 0 Å². The number of benzene rings is 1. The van der Waals surface area contributed by atoms with Gasteiger partial charge in [0.1, 0.15) is 0 Å². The number of rotatable bonds is 5. The third-order valence-electron chi connectivity index (χ3n) is 4.20. The fourth-order valence-corrected chi connectivity index (χ4v) is 3.44. The van der Waals surface area contributed by atoms with Gasteiger partial charge in [-0.15, -0.1) is 0 Å². The lowest BCUT2D eigenvalue weighted by atomic mass is 9.96. The summed E-state index contributed by atoms with van der Waals surface area (Å²) >= 11 is 3.66. The zero-order valence-electron chi connectivity index (χ0n) is 12.6. The summed E-state index contributed by atoms with van der Waals surface area (Å²) in [5.41, 5.74) is 8.19. The predicted molar refractivity (Wildman–Crippen MR) is 88.6 cm³/mol. The first kappa shape index (κ1) is 16.0. The standard InChI is InChI=1S/C16H26BrN3/c1-19-7-5-13(6-8-19)11-20(2)12-15-4-3-14(10-18)9-16(15)17/h3-4,9,13H,5-8,10-12,18H2,1-2H3. The molecule has 1 heterocycles. The Labute approximate surface area is 131 Å². The van der Waals surface area contributed by atoms with Gasteiger partial charge in [0, 0.05) is 24.1 Å². The third-order valence-corrected chi connectivity index (χ3v) is 4.94. The second-order valence-electron chi connectivity index (χ2n) is 6.07. The van der Waals surface area contributed by atoms with Crippen LogP contribution in [0.2, 0.25) is 0 Å². The summed E-state index contributed by atoms with van der Waals surface area (Å²) in [7, 11) is 4.44. The van der Waals surface area contributed by atoms with Gasteiger partial charge in [0.2, 0.25) is 0 Å². The number of likely N-dealkylation sites (tertiary alicyclic amines) is 1. The highest BCUT2D eigenvalue weighted by atomic mass is 79.9. The van der Waals surface area contributed by atoms with Crippen LogP contribution in [0, 0.1) is 5.92 Å². The van der Waals surface area contributed by atoms with Crippen molar-refractivity contribution in [3.05, 3.63) is 33.8 Å². The molecule has 1 aromatic carbocycles. The van der Waals surface area contributed by atoms with Gasteiger partial charge in [-0.1, -0.05) is 28.1 Å². The minimum atomic E-state index is 0.601. The topological polar surface area (TPSA) is 32.5 Å². The van der Waals surface area contributed by atoms with Crippen molar-refractivity contribution in [1.82, 2.24) is 9.80 Å². The van der Waals surface area contributed by atoms with Crippen LogP contribution in [0.15, 0.2) is 22.7 Å². The van der Waals surface area contributed by atoms with Crippen LogP contribution in [0.3, 0.4) is 0 Å². The van der Waals surface area contributed by atoms with E-state index in [4.69, 9.17) is 5.73 Å². The first-order chi connectivity index (χ1) is 9.58. The van der Waals surface area contributed by atoms with Gasteiger partial charge < -0.3 is 15.5 Å². The van der Waals surface area contributed by atoms with E-state index in [0.29, 0.717) is 6.54 Å². The Morgan fingerprint density at radius 3 is 2.65 bits per heavy atom. The molecule has 1 aromatic rings. The number of nitrogens with zero attached hydrogens (tertiary/aromatic N) is 2. The minimum Gasteiger partial charge on any atom is -0.326 e. The highest BCUT2D eigenvalue weighted by molar-refractivity contribution is 9.10. The molecule has 1 saturated heterocycles. The Morgan fingerprint density at radius 1 is 1.35 bits per heavy atom. The number of piperidine rings is 1. The van der Waals surface area contributed by atoms with Gasteiger partial charge in [-0.2, -0.15) is 0 Å². The molecule has 0 saturated carbocycles. The van der Waals surface area contributed by atoms with E-state index in [1.807, 2.05) is 0 Å². The molecular weight excluding hydrogens is 314 g/mol. The fourth-order valence-electron chi connectivity index (χ4n) is 2.89. The van der Waals surface area contributed by atoms with E-state index in [2.05, 4.69) is 58.0 Å². The van der Waals surface area contributed by atoms with Gasteiger partial charge >= 0.3 is 0 Å². The number of hydrogen-bond donors (Lipinski definition) is 1. The first-order valence-electron chi connectivity index (χ1n) is 7.43. The summed E-state index contributed by atoms with van der Waals surface area (Å²) in [4.78, 5) is 4.87. The normalized spacial score (nSPS) is 17.9. The Bertz CT molecular complexity index is 428. The Hall–Kier alpha value is -0.420. The Morgan fingerprint density at radius 2 is 2.05 bits per heavy atom. The summed E-state index contributed by atoms with van der Waals surface area (Å²) in [6.07, 6.45) is 2.66. The molecule has 20 heavy (non-hydrogen) atoms.